The minimum absolute atomic E-state index is 0.0160. The molecule has 0 radical (unpaired) electrons. The van der Waals surface area contributed by atoms with E-state index in [0.29, 0.717) is 29.8 Å². The fourth-order valence-electron chi connectivity index (χ4n) is 4.91. The molecule has 0 saturated carbocycles. The smallest absolute Gasteiger partial charge is 0.284 e. The normalized spacial score (nSPS) is 20.8. The van der Waals surface area contributed by atoms with Gasteiger partial charge in [-0.1, -0.05) is 11.6 Å². The second-order valence-electron chi connectivity index (χ2n) is 9.15. The summed E-state index contributed by atoms with van der Waals surface area (Å²) in [5.41, 5.74) is -1.50. The Morgan fingerprint density at radius 1 is 1.03 bits per heavy atom. The van der Waals surface area contributed by atoms with Gasteiger partial charge < -0.3 is 20.0 Å². The Bertz CT molecular complexity index is 1400. The van der Waals surface area contributed by atoms with Crippen molar-refractivity contribution in [3.05, 3.63) is 93.8 Å². The maximum atomic E-state index is 14.9. The number of fused-ring (bicyclic) bond motifs is 2. The van der Waals surface area contributed by atoms with Crippen LogP contribution in [0.15, 0.2) is 60.7 Å². The maximum Gasteiger partial charge on any atom is 0.284 e. The quantitative estimate of drug-likeness (QED) is 0.521. The fourth-order valence-corrected chi connectivity index (χ4v) is 5.08. The molecule has 3 aromatic carbocycles. The van der Waals surface area contributed by atoms with Gasteiger partial charge >= 0.3 is 0 Å². The third-order valence-electron chi connectivity index (χ3n) is 7.00. The van der Waals surface area contributed by atoms with E-state index in [0.717, 1.165) is 11.0 Å². The lowest BCUT2D eigenvalue weighted by Gasteiger charge is -2.33. The molecular weight excluding hydrogens is 509 g/mol. The predicted molar refractivity (Wildman–Crippen MR) is 132 cm³/mol. The van der Waals surface area contributed by atoms with Gasteiger partial charge in [-0.15, -0.1) is 0 Å². The molecule has 0 spiro atoms. The highest BCUT2D eigenvalue weighted by atomic mass is 35.5. The molecule has 0 fully saturated rings. The van der Waals surface area contributed by atoms with Crippen molar-refractivity contribution in [3.63, 3.8) is 0 Å². The molecule has 0 unspecified atom stereocenters. The molecule has 5 rings (SSSR count). The van der Waals surface area contributed by atoms with Crippen LogP contribution in [0.1, 0.15) is 38.3 Å². The molecule has 37 heavy (non-hydrogen) atoms. The number of halogens is 4. The lowest BCUT2D eigenvalue weighted by molar-refractivity contribution is -0.205. The van der Waals surface area contributed by atoms with Crippen molar-refractivity contribution in [2.24, 2.45) is 0 Å². The number of carbonyl (C=O) groups is 2. The van der Waals surface area contributed by atoms with Crippen LogP contribution in [0.4, 0.5) is 24.5 Å². The van der Waals surface area contributed by atoms with Gasteiger partial charge in [0.1, 0.15) is 5.82 Å². The number of anilines is 2. The SMILES string of the molecule is O=C1c2ccc(F)cc2CCN1c1ccc(C(=O)N2CCC(F)(F)[C@](O)(CO)c3cc(Cl)ccc32)cc1. The standard InChI is InChI=1S/C27H22ClF3N2O4/c28-18-3-8-23-22(14-18)26(37,15-34)27(30,31)10-12-33(23)24(35)16-1-5-20(6-2-16)32-11-9-17-13-19(29)4-7-21(17)25(32)36/h1-8,13-14,34,37H,9-12,15H2/t26-/m0/s1. The number of alkyl halides is 2. The lowest BCUT2D eigenvalue weighted by Crippen LogP contribution is -2.48. The largest absolute Gasteiger partial charge is 0.393 e. The van der Waals surface area contributed by atoms with Crippen LogP contribution in [0.5, 0.6) is 0 Å². The Kier molecular flexibility index (Phi) is 6.26. The first-order valence-electron chi connectivity index (χ1n) is 11.6. The molecule has 3 aromatic rings. The van der Waals surface area contributed by atoms with Gasteiger partial charge in [0.25, 0.3) is 17.7 Å². The Morgan fingerprint density at radius 2 is 1.76 bits per heavy atom. The summed E-state index contributed by atoms with van der Waals surface area (Å²) in [4.78, 5) is 29.0. The van der Waals surface area contributed by atoms with E-state index < -0.39 is 42.8 Å². The molecule has 2 aliphatic heterocycles. The van der Waals surface area contributed by atoms with Crippen LogP contribution >= 0.6 is 11.6 Å². The van der Waals surface area contributed by atoms with Crippen molar-refractivity contribution < 1.29 is 33.0 Å². The topological polar surface area (TPSA) is 81.1 Å². The van der Waals surface area contributed by atoms with Crippen LogP contribution in [0, 0.1) is 5.82 Å². The minimum Gasteiger partial charge on any atom is -0.393 e. The Balaban J connectivity index is 1.45. The van der Waals surface area contributed by atoms with Gasteiger partial charge in [0, 0.05) is 46.9 Å². The second-order valence-corrected chi connectivity index (χ2v) is 9.58. The molecule has 192 valence electrons. The number of carbonyl (C=O) groups excluding carboxylic acids is 2. The Morgan fingerprint density at radius 3 is 2.46 bits per heavy atom. The Hall–Kier alpha value is -3.40. The zero-order valence-electron chi connectivity index (χ0n) is 19.4. The van der Waals surface area contributed by atoms with Crippen LogP contribution < -0.4 is 9.80 Å². The first kappa shape index (κ1) is 25.3. The minimum atomic E-state index is -3.73. The Labute approximate surface area is 215 Å². The van der Waals surface area contributed by atoms with E-state index in [1.165, 1.54) is 47.4 Å². The molecule has 0 aromatic heterocycles. The van der Waals surface area contributed by atoms with Crippen molar-refractivity contribution in [1.82, 2.24) is 0 Å². The zero-order valence-corrected chi connectivity index (χ0v) is 20.2. The third-order valence-corrected chi connectivity index (χ3v) is 7.23. The second kappa shape index (κ2) is 9.16. The third kappa shape index (κ3) is 4.17. The van der Waals surface area contributed by atoms with Crippen molar-refractivity contribution in [2.75, 3.05) is 29.5 Å². The summed E-state index contributed by atoms with van der Waals surface area (Å²) < 4.78 is 43.4. The van der Waals surface area contributed by atoms with Crippen LogP contribution in [-0.2, 0) is 12.0 Å². The van der Waals surface area contributed by atoms with Gasteiger partial charge in [0.15, 0.2) is 5.60 Å². The van der Waals surface area contributed by atoms with Crippen LogP contribution in [-0.4, -0.2) is 47.6 Å². The maximum absolute atomic E-state index is 14.9. The molecule has 2 amide bonds. The van der Waals surface area contributed by atoms with Crippen LogP contribution in [0.25, 0.3) is 0 Å². The highest BCUT2D eigenvalue weighted by Gasteiger charge is 2.56. The summed E-state index contributed by atoms with van der Waals surface area (Å²) in [6.45, 7) is -1.34. The first-order chi connectivity index (χ1) is 17.6. The van der Waals surface area contributed by atoms with E-state index in [9.17, 15) is 33.0 Å². The number of aliphatic hydroxyl groups excluding tert-OH is 1. The molecular formula is C27H22ClF3N2O4. The zero-order chi connectivity index (χ0) is 26.5. The molecule has 1 atom stereocenters. The summed E-state index contributed by atoms with van der Waals surface area (Å²) in [5, 5.41) is 20.5. The first-order valence-corrected chi connectivity index (χ1v) is 12.0. The summed E-state index contributed by atoms with van der Waals surface area (Å²) in [6, 6.07) is 14.1. The van der Waals surface area contributed by atoms with Gasteiger partial charge in [0.2, 0.25) is 0 Å². The van der Waals surface area contributed by atoms with Gasteiger partial charge in [0.05, 0.1) is 12.3 Å². The van der Waals surface area contributed by atoms with Crippen molar-refractivity contribution in [1.29, 1.82) is 0 Å². The van der Waals surface area contributed by atoms with Gasteiger partial charge in [-0.05, 0) is 72.6 Å². The van der Waals surface area contributed by atoms with Crippen LogP contribution in [0.3, 0.4) is 0 Å². The summed E-state index contributed by atoms with van der Waals surface area (Å²) in [6.07, 6.45) is -0.420. The molecule has 0 bridgehead atoms. The van der Waals surface area contributed by atoms with Gasteiger partial charge in [-0.2, -0.15) is 0 Å². The molecule has 10 heteroatoms. The summed E-state index contributed by atoms with van der Waals surface area (Å²) >= 11 is 6.00. The van der Waals surface area contributed by atoms with E-state index >= 15 is 0 Å². The van der Waals surface area contributed by atoms with E-state index in [1.54, 1.807) is 12.1 Å². The number of hydrogen-bond acceptors (Lipinski definition) is 4. The summed E-state index contributed by atoms with van der Waals surface area (Å²) in [7, 11) is 0. The number of hydrogen-bond donors (Lipinski definition) is 2. The molecule has 0 saturated heterocycles. The highest BCUT2D eigenvalue weighted by Crippen LogP contribution is 2.47. The number of nitrogens with zero attached hydrogens (tertiary/aromatic N) is 2. The lowest BCUT2D eigenvalue weighted by atomic mass is 9.86. The van der Waals surface area contributed by atoms with Crippen molar-refractivity contribution in [3.8, 4) is 0 Å². The number of amides is 2. The highest BCUT2D eigenvalue weighted by molar-refractivity contribution is 6.30. The monoisotopic (exact) mass is 530 g/mol. The average molecular weight is 531 g/mol. The van der Waals surface area contributed by atoms with E-state index in [-0.39, 0.29) is 27.7 Å². The summed E-state index contributed by atoms with van der Waals surface area (Å²) in [5.74, 6) is -5.02. The number of rotatable bonds is 3. The molecule has 2 aliphatic rings. The van der Waals surface area contributed by atoms with E-state index in [1.807, 2.05) is 0 Å². The molecule has 2 heterocycles. The van der Waals surface area contributed by atoms with E-state index in [4.69, 9.17) is 11.6 Å². The van der Waals surface area contributed by atoms with E-state index in [2.05, 4.69) is 0 Å². The number of aliphatic hydroxyl groups is 2. The molecule has 2 N–H and O–H groups in total. The molecule has 0 aliphatic carbocycles. The average Bonchev–Trinajstić information content (AvgIpc) is 2.96. The number of benzene rings is 3. The van der Waals surface area contributed by atoms with Gasteiger partial charge in [-0.25, -0.2) is 13.2 Å². The van der Waals surface area contributed by atoms with Crippen molar-refractivity contribution in [2.45, 2.75) is 24.4 Å². The predicted octanol–water partition coefficient (Wildman–Crippen LogP) is 4.55. The fraction of sp³-hybridized carbons (Fsp3) is 0.259. The van der Waals surface area contributed by atoms with Crippen molar-refractivity contribution >= 4 is 34.8 Å². The van der Waals surface area contributed by atoms with Gasteiger partial charge in [-0.3, -0.25) is 9.59 Å². The molecule has 6 nitrogen and oxygen atoms in total. The van der Waals surface area contributed by atoms with Crippen LogP contribution in [0.2, 0.25) is 5.02 Å².